The number of rotatable bonds is 2. The average molecular weight is 266 g/mol. The van der Waals surface area contributed by atoms with Gasteiger partial charge >= 0.3 is 0 Å². The van der Waals surface area contributed by atoms with Crippen molar-refractivity contribution in [1.82, 2.24) is 0 Å². The van der Waals surface area contributed by atoms with Crippen LogP contribution in [0.1, 0.15) is 34.0 Å². The summed E-state index contributed by atoms with van der Waals surface area (Å²) in [6.45, 7) is 4.11. The monoisotopic (exact) mass is 266 g/mol. The minimum absolute atomic E-state index is 0.212. The predicted molar refractivity (Wildman–Crippen MR) is 79.6 cm³/mol. The van der Waals surface area contributed by atoms with Crippen LogP contribution >= 0.6 is 0 Å². The van der Waals surface area contributed by atoms with Crippen molar-refractivity contribution in [3.8, 4) is 5.75 Å². The second-order valence-electron chi connectivity index (χ2n) is 5.68. The molecule has 1 atom stereocenters. The van der Waals surface area contributed by atoms with Crippen LogP contribution in [0.2, 0.25) is 0 Å². The number of carbonyl (C=O) groups is 1. The highest BCUT2D eigenvalue weighted by atomic mass is 16.5. The molecule has 0 bridgehead atoms. The number of aryl methyl sites for hydroxylation is 1. The van der Waals surface area contributed by atoms with Crippen LogP contribution in [0.3, 0.4) is 0 Å². The summed E-state index contributed by atoms with van der Waals surface area (Å²) in [4.78, 5) is 12.8. The van der Waals surface area contributed by atoms with E-state index < -0.39 is 5.41 Å². The van der Waals surface area contributed by atoms with E-state index in [2.05, 4.69) is 19.1 Å². The molecule has 0 heterocycles. The molecule has 0 unspecified atom stereocenters. The molecule has 0 saturated heterocycles. The summed E-state index contributed by atoms with van der Waals surface area (Å²) >= 11 is 0. The van der Waals surface area contributed by atoms with Crippen molar-refractivity contribution in [3.05, 3.63) is 64.7 Å². The number of fused-ring (bicyclic) bond motifs is 1. The van der Waals surface area contributed by atoms with E-state index >= 15 is 0 Å². The number of hydrogen-bond acceptors (Lipinski definition) is 2. The van der Waals surface area contributed by atoms with Gasteiger partial charge in [0.1, 0.15) is 5.75 Å². The lowest BCUT2D eigenvalue weighted by molar-refractivity contribution is 0.0915. The molecular formula is C18H18O2. The van der Waals surface area contributed by atoms with Gasteiger partial charge < -0.3 is 4.74 Å². The van der Waals surface area contributed by atoms with Crippen molar-refractivity contribution in [2.24, 2.45) is 0 Å². The van der Waals surface area contributed by atoms with E-state index in [9.17, 15) is 4.79 Å². The normalized spacial score (nSPS) is 20.9. The molecule has 1 aliphatic rings. The highest BCUT2D eigenvalue weighted by Gasteiger charge is 2.43. The number of benzene rings is 2. The van der Waals surface area contributed by atoms with Crippen molar-refractivity contribution in [3.63, 3.8) is 0 Å². The molecule has 2 heteroatoms. The average Bonchev–Trinajstić information content (AvgIpc) is 2.71. The zero-order valence-electron chi connectivity index (χ0n) is 12.1. The molecule has 2 aromatic carbocycles. The lowest BCUT2D eigenvalue weighted by atomic mass is 9.77. The van der Waals surface area contributed by atoms with Gasteiger partial charge in [0, 0.05) is 5.56 Å². The summed E-state index contributed by atoms with van der Waals surface area (Å²) in [5, 5.41) is 0. The first-order chi connectivity index (χ1) is 9.56. The van der Waals surface area contributed by atoms with Crippen molar-refractivity contribution in [2.45, 2.75) is 25.7 Å². The Bertz CT molecular complexity index is 688. The van der Waals surface area contributed by atoms with Gasteiger partial charge in [0.05, 0.1) is 12.5 Å². The number of methoxy groups -OCH3 is 1. The topological polar surface area (TPSA) is 26.3 Å². The largest absolute Gasteiger partial charge is 0.497 e. The molecule has 0 aromatic heterocycles. The van der Waals surface area contributed by atoms with Crippen LogP contribution in [0.4, 0.5) is 0 Å². The summed E-state index contributed by atoms with van der Waals surface area (Å²) < 4.78 is 5.26. The molecule has 3 rings (SSSR count). The zero-order valence-corrected chi connectivity index (χ0v) is 12.1. The highest BCUT2D eigenvalue weighted by Crippen LogP contribution is 2.41. The highest BCUT2D eigenvalue weighted by molar-refractivity contribution is 6.08. The molecule has 0 N–H and O–H groups in total. The Balaban J connectivity index is 2.11. The molecule has 2 aromatic rings. The first-order valence-corrected chi connectivity index (χ1v) is 6.84. The van der Waals surface area contributed by atoms with Crippen LogP contribution in [-0.4, -0.2) is 12.9 Å². The molecule has 0 saturated carbocycles. The van der Waals surface area contributed by atoms with Gasteiger partial charge in [-0.25, -0.2) is 0 Å². The summed E-state index contributed by atoms with van der Waals surface area (Å²) in [6, 6.07) is 13.9. The molecule has 1 aliphatic carbocycles. The molecule has 102 valence electrons. The van der Waals surface area contributed by atoms with E-state index in [0.717, 1.165) is 28.9 Å². The van der Waals surface area contributed by atoms with Crippen molar-refractivity contribution < 1.29 is 9.53 Å². The van der Waals surface area contributed by atoms with Crippen molar-refractivity contribution in [2.75, 3.05) is 7.11 Å². The minimum Gasteiger partial charge on any atom is -0.497 e. The SMILES string of the molecule is COc1ccc2c(c1)C[C@@](C)(c1ccccc1C)C2=O. The number of ketones is 1. The van der Waals surface area contributed by atoms with Crippen molar-refractivity contribution in [1.29, 1.82) is 0 Å². The maximum Gasteiger partial charge on any atom is 0.173 e. The third-order valence-electron chi connectivity index (χ3n) is 4.34. The minimum atomic E-state index is -0.458. The fourth-order valence-corrected chi connectivity index (χ4v) is 3.23. The van der Waals surface area contributed by atoms with Crippen molar-refractivity contribution >= 4 is 5.78 Å². The lowest BCUT2D eigenvalue weighted by Crippen LogP contribution is -2.30. The first kappa shape index (κ1) is 12.9. The van der Waals surface area contributed by atoms with Crippen LogP contribution in [0.15, 0.2) is 42.5 Å². The third kappa shape index (κ3) is 1.75. The van der Waals surface area contributed by atoms with E-state index in [1.807, 2.05) is 37.3 Å². The fraction of sp³-hybridized carbons (Fsp3) is 0.278. The molecule has 0 spiro atoms. The smallest absolute Gasteiger partial charge is 0.173 e. The van der Waals surface area contributed by atoms with Crippen LogP contribution in [-0.2, 0) is 11.8 Å². The van der Waals surface area contributed by atoms with Gasteiger partial charge in [-0.1, -0.05) is 24.3 Å². The number of hydrogen-bond donors (Lipinski definition) is 0. The maximum atomic E-state index is 12.8. The molecule has 0 aliphatic heterocycles. The number of ether oxygens (including phenoxy) is 1. The quantitative estimate of drug-likeness (QED) is 0.828. The molecule has 0 radical (unpaired) electrons. The van der Waals surface area contributed by atoms with E-state index in [1.54, 1.807) is 7.11 Å². The Morgan fingerprint density at radius 1 is 1.15 bits per heavy atom. The Kier molecular flexibility index (Phi) is 2.89. The van der Waals surface area contributed by atoms with Crippen LogP contribution in [0, 0.1) is 6.92 Å². The number of carbonyl (C=O) groups excluding carboxylic acids is 1. The van der Waals surface area contributed by atoms with E-state index in [-0.39, 0.29) is 5.78 Å². The van der Waals surface area contributed by atoms with Crippen LogP contribution in [0.5, 0.6) is 5.75 Å². The molecule has 0 fully saturated rings. The van der Waals surface area contributed by atoms with Gasteiger partial charge in [-0.05, 0) is 55.2 Å². The summed E-state index contributed by atoms with van der Waals surface area (Å²) in [5.74, 6) is 1.02. The molecular weight excluding hydrogens is 248 g/mol. The second kappa shape index (κ2) is 4.48. The van der Waals surface area contributed by atoms with Gasteiger partial charge in [0.25, 0.3) is 0 Å². The molecule has 0 amide bonds. The van der Waals surface area contributed by atoms with E-state index in [1.165, 1.54) is 5.56 Å². The Hall–Kier alpha value is -2.09. The molecule has 2 nitrogen and oxygen atoms in total. The summed E-state index contributed by atoms with van der Waals surface area (Å²) in [7, 11) is 1.65. The van der Waals surface area contributed by atoms with Gasteiger partial charge in [-0.2, -0.15) is 0 Å². The van der Waals surface area contributed by atoms with E-state index in [0.29, 0.717) is 0 Å². The van der Waals surface area contributed by atoms with Gasteiger partial charge in [0.2, 0.25) is 0 Å². The summed E-state index contributed by atoms with van der Waals surface area (Å²) in [6.07, 6.45) is 0.739. The molecule has 20 heavy (non-hydrogen) atoms. The zero-order chi connectivity index (χ0) is 14.3. The van der Waals surface area contributed by atoms with Crippen LogP contribution < -0.4 is 4.74 Å². The Morgan fingerprint density at radius 2 is 1.90 bits per heavy atom. The maximum absolute atomic E-state index is 12.8. The summed E-state index contributed by atoms with van der Waals surface area (Å²) in [5.41, 5.74) is 3.75. The fourth-order valence-electron chi connectivity index (χ4n) is 3.23. The number of Topliss-reactive ketones (excluding diaryl/α,β-unsaturated/α-hetero) is 1. The van der Waals surface area contributed by atoms with Crippen LogP contribution in [0.25, 0.3) is 0 Å². The lowest BCUT2D eigenvalue weighted by Gasteiger charge is -2.24. The standard InChI is InChI=1S/C18H18O2/c1-12-6-4-5-7-16(12)18(2)11-13-10-14(20-3)8-9-15(13)17(18)19/h4-10H,11H2,1-3H3/t18-/m0/s1. The Morgan fingerprint density at radius 3 is 2.60 bits per heavy atom. The second-order valence-corrected chi connectivity index (χ2v) is 5.68. The Labute approximate surface area is 119 Å². The van der Waals surface area contributed by atoms with Gasteiger partial charge in [0.15, 0.2) is 5.78 Å². The van der Waals surface area contributed by atoms with Gasteiger partial charge in [-0.15, -0.1) is 0 Å². The third-order valence-corrected chi connectivity index (χ3v) is 4.34. The first-order valence-electron chi connectivity index (χ1n) is 6.84. The van der Waals surface area contributed by atoms with E-state index in [4.69, 9.17) is 4.74 Å². The predicted octanol–water partition coefficient (Wildman–Crippen LogP) is 3.70. The van der Waals surface area contributed by atoms with Gasteiger partial charge in [-0.3, -0.25) is 4.79 Å².